The van der Waals surface area contributed by atoms with Crippen LogP contribution in [-0.2, 0) is 4.84 Å². The fourth-order valence-electron chi connectivity index (χ4n) is 2.78. The molecule has 0 spiro atoms. The van der Waals surface area contributed by atoms with Gasteiger partial charge in [0.1, 0.15) is 5.69 Å². The average molecular weight is 349 g/mol. The Bertz CT molecular complexity index is 809. The molecule has 3 rings (SSSR count). The Morgan fingerprint density at radius 1 is 0.917 bits per heavy atom. The summed E-state index contributed by atoms with van der Waals surface area (Å²) in [6, 6.07) is 8.61. The van der Waals surface area contributed by atoms with E-state index in [-0.39, 0.29) is 5.91 Å². The number of carbonyl (C=O) groups excluding carboxylic acids is 1. The zero-order valence-electron chi connectivity index (χ0n) is 13.8. The third-order valence-corrected chi connectivity index (χ3v) is 4.21. The number of hydrogen-bond donors (Lipinski definition) is 0. The molecule has 0 atom stereocenters. The average Bonchev–Trinajstić information content (AvgIpc) is 2.68. The molecule has 1 aliphatic heterocycles. The lowest BCUT2D eigenvalue weighted by molar-refractivity contribution is 0.0776. The minimum absolute atomic E-state index is 0.290. The fraction of sp³-hybridized carbons (Fsp3) is 0.235. The number of hydrogen-bond acceptors (Lipinski definition) is 5. The lowest BCUT2D eigenvalue weighted by atomic mass is 10.1. The van der Waals surface area contributed by atoms with Gasteiger partial charge in [0.05, 0.1) is 38.3 Å². The molecule has 1 aliphatic rings. The molecule has 0 radical (unpaired) electrons. The highest BCUT2D eigenvalue weighted by atomic mass is 35.5. The lowest BCUT2D eigenvalue weighted by Crippen LogP contribution is -2.29. The van der Waals surface area contributed by atoms with Gasteiger partial charge in [-0.2, -0.15) is 5.06 Å². The predicted octanol–water partition coefficient (Wildman–Crippen LogP) is 3.65. The van der Waals surface area contributed by atoms with Crippen molar-refractivity contribution in [1.82, 2.24) is 0 Å². The Labute approximate surface area is 145 Å². The van der Waals surface area contributed by atoms with Crippen molar-refractivity contribution in [2.45, 2.75) is 0 Å². The first-order valence-corrected chi connectivity index (χ1v) is 7.57. The van der Waals surface area contributed by atoms with Crippen molar-refractivity contribution >= 4 is 34.6 Å². The van der Waals surface area contributed by atoms with E-state index in [9.17, 15) is 4.79 Å². The summed E-state index contributed by atoms with van der Waals surface area (Å²) in [5, 5.41) is 1.77. The molecule has 0 N–H and O–H groups in total. The molecule has 0 saturated carbocycles. The van der Waals surface area contributed by atoms with Crippen LogP contribution in [0.3, 0.4) is 0 Å². The number of benzene rings is 2. The van der Waals surface area contributed by atoms with E-state index in [1.807, 2.05) is 11.9 Å². The van der Waals surface area contributed by atoms with Crippen LogP contribution in [0.2, 0.25) is 5.02 Å². The number of hydroxylamine groups is 1. The molecule has 2 aromatic carbocycles. The summed E-state index contributed by atoms with van der Waals surface area (Å²) in [4.78, 5) is 20.1. The molecule has 0 saturated heterocycles. The van der Waals surface area contributed by atoms with Crippen molar-refractivity contribution < 1.29 is 19.1 Å². The van der Waals surface area contributed by atoms with Crippen LogP contribution in [0.1, 0.15) is 10.4 Å². The molecule has 126 valence electrons. The van der Waals surface area contributed by atoms with Crippen LogP contribution >= 0.6 is 11.6 Å². The molecule has 6 nitrogen and oxygen atoms in total. The van der Waals surface area contributed by atoms with Gasteiger partial charge in [-0.25, -0.2) is 0 Å². The van der Waals surface area contributed by atoms with Crippen molar-refractivity contribution in [2.75, 3.05) is 38.3 Å². The van der Waals surface area contributed by atoms with Crippen LogP contribution in [0.5, 0.6) is 11.5 Å². The number of methoxy groups -OCH3 is 2. The van der Waals surface area contributed by atoms with Crippen molar-refractivity contribution in [3.8, 4) is 11.5 Å². The van der Waals surface area contributed by atoms with Crippen molar-refractivity contribution in [3.63, 3.8) is 0 Å². The SMILES string of the molecule is COc1cc2c(cc1OC)N(C)c1cc(Cl)ccc1C(=O)N2OC. The third kappa shape index (κ3) is 2.44. The molecule has 1 amide bonds. The van der Waals surface area contributed by atoms with Gasteiger partial charge in [-0.15, -0.1) is 0 Å². The van der Waals surface area contributed by atoms with Crippen LogP contribution in [-0.4, -0.2) is 34.3 Å². The van der Waals surface area contributed by atoms with E-state index in [2.05, 4.69) is 0 Å². The van der Waals surface area contributed by atoms with Crippen molar-refractivity contribution in [2.24, 2.45) is 0 Å². The first-order chi connectivity index (χ1) is 11.5. The molecule has 1 heterocycles. The minimum Gasteiger partial charge on any atom is -0.493 e. The van der Waals surface area contributed by atoms with E-state index < -0.39 is 0 Å². The van der Waals surface area contributed by atoms with Gasteiger partial charge in [0.2, 0.25) is 0 Å². The summed E-state index contributed by atoms with van der Waals surface area (Å²) < 4.78 is 10.7. The normalized spacial score (nSPS) is 13.3. The zero-order valence-corrected chi connectivity index (χ0v) is 14.5. The van der Waals surface area contributed by atoms with E-state index in [0.29, 0.717) is 33.5 Å². The van der Waals surface area contributed by atoms with Gasteiger partial charge in [-0.1, -0.05) is 11.6 Å². The topological polar surface area (TPSA) is 51.2 Å². The third-order valence-electron chi connectivity index (χ3n) is 3.98. The zero-order chi connectivity index (χ0) is 17.4. The Morgan fingerprint density at radius 2 is 1.54 bits per heavy atom. The second kappa shape index (κ2) is 6.22. The number of carbonyl (C=O) groups is 1. The van der Waals surface area contributed by atoms with E-state index in [4.69, 9.17) is 25.9 Å². The molecular weight excluding hydrogens is 332 g/mol. The molecule has 0 aliphatic carbocycles. The lowest BCUT2D eigenvalue weighted by Gasteiger charge is -2.24. The van der Waals surface area contributed by atoms with E-state index in [0.717, 1.165) is 5.69 Å². The largest absolute Gasteiger partial charge is 0.493 e. The highest BCUT2D eigenvalue weighted by molar-refractivity contribution is 6.31. The summed E-state index contributed by atoms with van der Waals surface area (Å²) >= 11 is 6.12. The molecule has 2 aromatic rings. The summed E-state index contributed by atoms with van der Waals surface area (Å²) in [6.45, 7) is 0. The van der Waals surface area contributed by atoms with Gasteiger partial charge >= 0.3 is 0 Å². The predicted molar refractivity (Wildman–Crippen MR) is 92.9 cm³/mol. The molecular formula is C17H17ClN2O4. The van der Waals surface area contributed by atoms with E-state index in [1.165, 1.54) is 19.3 Å². The maximum atomic E-state index is 12.9. The number of anilines is 3. The second-order valence-corrected chi connectivity index (χ2v) is 5.63. The maximum absolute atomic E-state index is 12.9. The van der Waals surface area contributed by atoms with E-state index in [1.54, 1.807) is 37.4 Å². The van der Waals surface area contributed by atoms with Gasteiger partial charge in [0.25, 0.3) is 5.91 Å². The Balaban J connectivity index is 2.32. The second-order valence-electron chi connectivity index (χ2n) is 5.20. The first kappa shape index (κ1) is 16.4. The number of amides is 1. The molecule has 0 bridgehead atoms. The quantitative estimate of drug-likeness (QED) is 0.847. The van der Waals surface area contributed by atoms with Crippen LogP contribution in [0.4, 0.5) is 17.1 Å². The highest BCUT2D eigenvalue weighted by Gasteiger charge is 2.31. The van der Waals surface area contributed by atoms with Crippen LogP contribution in [0, 0.1) is 0 Å². The number of fused-ring (bicyclic) bond motifs is 2. The monoisotopic (exact) mass is 348 g/mol. The van der Waals surface area contributed by atoms with Crippen LogP contribution in [0.25, 0.3) is 0 Å². The van der Waals surface area contributed by atoms with Gasteiger partial charge in [-0.05, 0) is 18.2 Å². The highest BCUT2D eigenvalue weighted by Crippen LogP contribution is 2.45. The Hall–Kier alpha value is -2.44. The minimum atomic E-state index is -0.290. The van der Waals surface area contributed by atoms with Gasteiger partial charge in [0.15, 0.2) is 11.5 Å². The standard InChI is InChI=1S/C17H17ClN2O4/c1-19-12-7-10(18)5-6-11(12)17(21)20(24-4)14-9-16(23-3)15(22-2)8-13(14)19/h5-9H,1-4H3. The Morgan fingerprint density at radius 3 is 2.12 bits per heavy atom. The number of rotatable bonds is 3. The summed E-state index contributed by atoms with van der Waals surface area (Å²) in [6.07, 6.45) is 0. The van der Waals surface area contributed by atoms with E-state index >= 15 is 0 Å². The molecule has 24 heavy (non-hydrogen) atoms. The summed E-state index contributed by atoms with van der Waals surface area (Å²) in [5.41, 5.74) is 2.44. The van der Waals surface area contributed by atoms with Crippen molar-refractivity contribution in [1.29, 1.82) is 0 Å². The maximum Gasteiger partial charge on any atom is 0.284 e. The molecule has 0 aromatic heterocycles. The van der Waals surface area contributed by atoms with Gasteiger partial charge < -0.3 is 14.4 Å². The van der Waals surface area contributed by atoms with Crippen LogP contribution < -0.4 is 19.4 Å². The van der Waals surface area contributed by atoms with Crippen molar-refractivity contribution in [3.05, 3.63) is 40.9 Å². The molecule has 7 heteroatoms. The summed E-state index contributed by atoms with van der Waals surface area (Å²) in [5.74, 6) is 0.766. The number of nitrogens with zero attached hydrogens (tertiary/aromatic N) is 2. The summed E-state index contributed by atoms with van der Waals surface area (Å²) in [7, 11) is 6.40. The first-order valence-electron chi connectivity index (χ1n) is 7.19. The molecule has 0 fully saturated rings. The van der Waals surface area contributed by atoms with Gasteiger partial charge in [-0.3, -0.25) is 9.63 Å². The fourth-order valence-corrected chi connectivity index (χ4v) is 2.95. The number of halogens is 1. The van der Waals surface area contributed by atoms with Crippen LogP contribution in [0.15, 0.2) is 30.3 Å². The smallest absolute Gasteiger partial charge is 0.284 e. The molecule has 0 unspecified atom stereocenters. The number of ether oxygens (including phenoxy) is 2. The van der Waals surface area contributed by atoms with Gasteiger partial charge in [0, 0.05) is 24.2 Å². The Kier molecular flexibility index (Phi) is 4.26.